The van der Waals surface area contributed by atoms with Crippen molar-refractivity contribution in [2.45, 2.75) is 26.4 Å². The Morgan fingerprint density at radius 2 is 2.00 bits per heavy atom. The van der Waals surface area contributed by atoms with Gasteiger partial charge in [0.1, 0.15) is 11.2 Å². The Hall–Kier alpha value is -1.71. The third-order valence-corrected chi connectivity index (χ3v) is 1.69. The highest BCUT2D eigenvalue weighted by Gasteiger charge is 2.20. The number of ether oxygens (including phenoxy) is 1. The summed E-state index contributed by atoms with van der Waals surface area (Å²) in [4.78, 5) is 11.6. The number of rotatable bonds is 1. The number of anilines is 1. The van der Waals surface area contributed by atoms with E-state index in [4.69, 9.17) is 10.5 Å². The number of phenols is 1. The first-order valence-corrected chi connectivity index (χ1v) is 4.62. The Morgan fingerprint density at radius 3 is 2.53 bits per heavy atom. The Bertz CT molecular complexity index is 380. The lowest BCUT2D eigenvalue weighted by atomic mass is 10.1. The maximum Gasteiger partial charge on any atom is 0.342 e. The summed E-state index contributed by atoms with van der Waals surface area (Å²) in [6.45, 7) is 5.27. The van der Waals surface area contributed by atoms with E-state index in [-0.39, 0.29) is 17.0 Å². The molecule has 4 nitrogen and oxygen atoms in total. The van der Waals surface area contributed by atoms with Gasteiger partial charge >= 0.3 is 5.97 Å². The molecule has 0 heterocycles. The number of esters is 1. The molecular weight excluding hydrogens is 194 g/mol. The van der Waals surface area contributed by atoms with E-state index in [9.17, 15) is 9.90 Å². The van der Waals surface area contributed by atoms with Gasteiger partial charge in [-0.15, -0.1) is 0 Å². The minimum Gasteiger partial charge on any atom is -0.505 e. The molecule has 0 aliphatic rings. The number of aromatic hydroxyl groups is 1. The van der Waals surface area contributed by atoms with Crippen LogP contribution < -0.4 is 5.73 Å². The molecule has 0 aliphatic carbocycles. The third-order valence-electron chi connectivity index (χ3n) is 1.69. The second-order valence-corrected chi connectivity index (χ2v) is 4.25. The van der Waals surface area contributed by atoms with E-state index in [1.807, 2.05) is 0 Å². The predicted molar refractivity (Wildman–Crippen MR) is 57.7 cm³/mol. The number of phenolic OH excluding ortho intramolecular Hbond substituents is 1. The maximum absolute atomic E-state index is 11.6. The molecule has 15 heavy (non-hydrogen) atoms. The largest absolute Gasteiger partial charge is 0.505 e. The molecule has 1 rings (SSSR count). The zero-order chi connectivity index (χ0) is 11.6. The number of nitrogen functional groups attached to an aromatic ring is 1. The molecule has 0 saturated carbocycles. The molecule has 1 aromatic carbocycles. The fourth-order valence-electron chi connectivity index (χ4n) is 1.06. The molecule has 0 aliphatic heterocycles. The lowest BCUT2D eigenvalue weighted by Gasteiger charge is -2.19. The van der Waals surface area contributed by atoms with Crippen molar-refractivity contribution >= 4 is 11.7 Å². The molecular formula is C11H15NO3. The molecule has 0 fully saturated rings. The number of carbonyl (C=O) groups excluding carboxylic acids is 1. The average Bonchev–Trinajstić information content (AvgIpc) is 2.06. The van der Waals surface area contributed by atoms with Crippen LogP contribution >= 0.6 is 0 Å². The lowest BCUT2D eigenvalue weighted by Crippen LogP contribution is -2.24. The summed E-state index contributed by atoms with van der Waals surface area (Å²) in [6, 6.07) is 4.58. The van der Waals surface area contributed by atoms with Crippen molar-refractivity contribution in [1.29, 1.82) is 0 Å². The fourth-order valence-corrected chi connectivity index (χ4v) is 1.06. The van der Waals surface area contributed by atoms with Crippen molar-refractivity contribution in [3.63, 3.8) is 0 Å². The Morgan fingerprint density at radius 1 is 1.40 bits per heavy atom. The van der Waals surface area contributed by atoms with Gasteiger partial charge in [0.25, 0.3) is 0 Å². The van der Waals surface area contributed by atoms with E-state index in [1.165, 1.54) is 12.1 Å². The van der Waals surface area contributed by atoms with Crippen molar-refractivity contribution in [3.8, 4) is 5.75 Å². The van der Waals surface area contributed by atoms with E-state index in [0.717, 1.165) is 0 Å². The number of nitrogens with two attached hydrogens (primary N) is 1. The van der Waals surface area contributed by atoms with Crippen LogP contribution in [0.25, 0.3) is 0 Å². The highest BCUT2D eigenvalue weighted by atomic mass is 16.6. The molecule has 0 spiro atoms. The van der Waals surface area contributed by atoms with Crippen LogP contribution in [0.2, 0.25) is 0 Å². The Kier molecular flexibility index (Phi) is 2.88. The molecule has 82 valence electrons. The first-order chi connectivity index (χ1) is 6.81. The predicted octanol–water partition coefficient (Wildman–Crippen LogP) is 1.93. The number of hydrogen-bond acceptors (Lipinski definition) is 4. The van der Waals surface area contributed by atoms with Gasteiger partial charge in [-0.1, -0.05) is 6.07 Å². The van der Waals surface area contributed by atoms with E-state index in [2.05, 4.69) is 0 Å². The molecule has 0 atom stereocenters. The molecule has 4 heteroatoms. The van der Waals surface area contributed by atoms with Crippen molar-refractivity contribution in [3.05, 3.63) is 23.8 Å². The van der Waals surface area contributed by atoms with Crippen LogP contribution in [-0.4, -0.2) is 16.7 Å². The van der Waals surface area contributed by atoms with Gasteiger partial charge in [-0.3, -0.25) is 0 Å². The normalized spacial score (nSPS) is 11.1. The highest BCUT2D eigenvalue weighted by molar-refractivity contribution is 5.94. The van der Waals surface area contributed by atoms with E-state index in [1.54, 1.807) is 26.8 Å². The number of benzene rings is 1. The first kappa shape index (κ1) is 11.4. The SMILES string of the molecule is CC(C)(C)OC(=O)c1cccc(N)c1O. The second kappa shape index (κ2) is 3.81. The zero-order valence-electron chi connectivity index (χ0n) is 9.07. The molecule has 0 radical (unpaired) electrons. The summed E-state index contributed by atoms with van der Waals surface area (Å²) in [6.07, 6.45) is 0. The third kappa shape index (κ3) is 2.87. The number of hydrogen-bond donors (Lipinski definition) is 2. The smallest absolute Gasteiger partial charge is 0.342 e. The molecule has 0 aromatic heterocycles. The minimum absolute atomic E-state index is 0.0879. The number of para-hydroxylation sites is 1. The van der Waals surface area contributed by atoms with E-state index < -0.39 is 11.6 Å². The van der Waals surface area contributed by atoms with Gasteiger partial charge in [0.15, 0.2) is 5.75 Å². The molecule has 3 N–H and O–H groups in total. The van der Waals surface area contributed by atoms with Crippen LogP contribution in [0, 0.1) is 0 Å². The molecule has 0 bridgehead atoms. The number of carbonyl (C=O) groups is 1. The standard InChI is InChI=1S/C11H15NO3/c1-11(2,3)15-10(14)7-5-4-6-8(12)9(7)13/h4-6,13H,12H2,1-3H3. The van der Waals surface area contributed by atoms with Crippen molar-refractivity contribution < 1.29 is 14.6 Å². The van der Waals surface area contributed by atoms with Crippen LogP contribution in [-0.2, 0) is 4.74 Å². The van der Waals surface area contributed by atoms with Crippen molar-refractivity contribution in [2.24, 2.45) is 0 Å². The summed E-state index contributed by atoms with van der Waals surface area (Å²) in [7, 11) is 0. The van der Waals surface area contributed by atoms with Crippen LogP contribution in [0.4, 0.5) is 5.69 Å². The van der Waals surface area contributed by atoms with Crippen molar-refractivity contribution in [1.82, 2.24) is 0 Å². The Balaban J connectivity index is 2.97. The van der Waals surface area contributed by atoms with Gasteiger partial charge in [0, 0.05) is 0 Å². The summed E-state index contributed by atoms with van der Waals surface area (Å²) >= 11 is 0. The summed E-state index contributed by atoms with van der Waals surface area (Å²) in [5, 5.41) is 9.54. The van der Waals surface area contributed by atoms with Crippen molar-refractivity contribution in [2.75, 3.05) is 5.73 Å². The summed E-state index contributed by atoms with van der Waals surface area (Å²) in [5.74, 6) is -0.806. The van der Waals surface area contributed by atoms with Gasteiger partial charge in [-0.05, 0) is 32.9 Å². The van der Waals surface area contributed by atoms with E-state index in [0.29, 0.717) is 0 Å². The Labute approximate surface area is 88.7 Å². The van der Waals surface area contributed by atoms with Crippen LogP contribution in [0.5, 0.6) is 5.75 Å². The van der Waals surface area contributed by atoms with Gasteiger partial charge in [-0.2, -0.15) is 0 Å². The maximum atomic E-state index is 11.6. The summed E-state index contributed by atoms with van der Waals surface area (Å²) < 4.78 is 5.11. The van der Waals surface area contributed by atoms with Gasteiger partial charge in [-0.25, -0.2) is 4.79 Å². The second-order valence-electron chi connectivity index (χ2n) is 4.25. The topological polar surface area (TPSA) is 72.5 Å². The molecule has 0 saturated heterocycles. The zero-order valence-corrected chi connectivity index (χ0v) is 9.07. The lowest BCUT2D eigenvalue weighted by molar-refractivity contribution is 0.00669. The highest BCUT2D eigenvalue weighted by Crippen LogP contribution is 2.26. The quantitative estimate of drug-likeness (QED) is 0.421. The van der Waals surface area contributed by atoms with Crippen LogP contribution in [0.3, 0.4) is 0 Å². The van der Waals surface area contributed by atoms with Gasteiger partial charge in [0.2, 0.25) is 0 Å². The first-order valence-electron chi connectivity index (χ1n) is 4.62. The minimum atomic E-state index is -0.589. The van der Waals surface area contributed by atoms with Crippen LogP contribution in [0.15, 0.2) is 18.2 Å². The van der Waals surface area contributed by atoms with Gasteiger partial charge in [0.05, 0.1) is 5.69 Å². The molecule has 1 aromatic rings. The van der Waals surface area contributed by atoms with Gasteiger partial charge < -0.3 is 15.6 Å². The van der Waals surface area contributed by atoms with E-state index >= 15 is 0 Å². The molecule has 0 amide bonds. The average molecular weight is 209 g/mol. The fraction of sp³-hybridized carbons (Fsp3) is 0.364. The monoisotopic (exact) mass is 209 g/mol. The summed E-state index contributed by atoms with van der Waals surface area (Å²) in [5.41, 5.74) is 5.13. The van der Waals surface area contributed by atoms with Crippen LogP contribution in [0.1, 0.15) is 31.1 Å². The molecule has 0 unspecified atom stereocenters.